The number of nitrogens with one attached hydrogen (secondary N) is 1. The Bertz CT molecular complexity index is 501. The summed E-state index contributed by atoms with van der Waals surface area (Å²) in [5.41, 5.74) is 6.47. The summed E-state index contributed by atoms with van der Waals surface area (Å²) in [6.45, 7) is 2.73. The lowest BCUT2D eigenvalue weighted by molar-refractivity contribution is -0.129. The molecule has 1 fully saturated rings. The topological polar surface area (TPSA) is 81.4 Å². The molecule has 1 aliphatic rings. The van der Waals surface area contributed by atoms with Crippen molar-refractivity contribution in [2.45, 2.75) is 32.6 Å². The Hall–Kier alpha value is -1.88. The van der Waals surface area contributed by atoms with Crippen molar-refractivity contribution in [1.29, 1.82) is 0 Å². The van der Waals surface area contributed by atoms with Gasteiger partial charge in [0.1, 0.15) is 0 Å². The van der Waals surface area contributed by atoms with E-state index >= 15 is 0 Å². The van der Waals surface area contributed by atoms with E-state index < -0.39 is 5.41 Å². The fourth-order valence-corrected chi connectivity index (χ4v) is 2.36. The fraction of sp³-hybridized carbons (Fsp3) is 0.500. The number of nitrogens with two attached hydrogens (primary N) is 1. The number of benzene rings is 1. The summed E-state index contributed by atoms with van der Waals surface area (Å²) in [5.74, 6) is -0.371. The van der Waals surface area contributed by atoms with Crippen LogP contribution in [0.15, 0.2) is 24.3 Å². The Morgan fingerprint density at radius 1 is 1.29 bits per heavy atom. The molecule has 0 aromatic heterocycles. The van der Waals surface area contributed by atoms with Gasteiger partial charge < -0.3 is 15.8 Å². The first-order valence-electron chi connectivity index (χ1n) is 7.40. The Morgan fingerprint density at radius 2 is 1.95 bits per heavy atom. The van der Waals surface area contributed by atoms with E-state index in [1.165, 1.54) is 0 Å². The van der Waals surface area contributed by atoms with Gasteiger partial charge in [0.2, 0.25) is 5.91 Å². The highest BCUT2D eigenvalue weighted by Crippen LogP contribution is 2.40. The minimum absolute atomic E-state index is 0.0300. The van der Waals surface area contributed by atoms with Gasteiger partial charge in [-0.25, -0.2) is 4.79 Å². The van der Waals surface area contributed by atoms with Crippen molar-refractivity contribution >= 4 is 17.6 Å². The van der Waals surface area contributed by atoms with Crippen molar-refractivity contribution in [3.63, 3.8) is 0 Å². The molecule has 0 radical (unpaired) electrons. The number of anilines is 1. The zero-order valence-corrected chi connectivity index (χ0v) is 12.4. The summed E-state index contributed by atoms with van der Waals surface area (Å²) >= 11 is 0. The van der Waals surface area contributed by atoms with E-state index in [-0.39, 0.29) is 11.9 Å². The third-order valence-corrected chi connectivity index (χ3v) is 4.00. The lowest BCUT2D eigenvalue weighted by Gasteiger charge is -2.39. The van der Waals surface area contributed by atoms with Crippen LogP contribution < -0.4 is 11.1 Å². The average molecular weight is 290 g/mol. The second-order valence-corrected chi connectivity index (χ2v) is 5.51. The van der Waals surface area contributed by atoms with Crippen molar-refractivity contribution in [3.05, 3.63) is 29.8 Å². The van der Waals surface area contributed by atoms with Gasteiger partial charge >= 0.3 is 5.97 Å². The second kappa shape index (κ2) is 6.72. The fourth-order valence-electron chi connectivity index (χ4n) is 2.36. The van der Waals surface area contributed by atoms with Crippen molar-refractivity contribution < 1.29 is 14.3 Å². The van der Waals surface area contributed by atoms with Crippen molar-refractivity contribution in [1.82, 2.24) is 0 Å². The molecular formula is C16H22N2O3. The maximum Gasteiger partial charge on any atom is 0.338 e. The monoisotopic (exact) mass is 290 g/mol. The Kier molecular flexibility index (Phi) is 4.96. The molecule has 114 valence electrons. The smallest absolute Gasteiger partial charge is 0.338 e. The van der Waals surface area contributed by atoms with Crippen molar-refractivity contribution in [2.24, 2.45) is 11.1 Å². The molecule has 1 aromatic carbocycles. The van der Waals surface area contributed by atoms with E-state index in [9.17, 15) is 9.59 Å². The van der Waals surface area contributed by atoms with Crippen LogP contribution >= 0.6 is 0 Å². The zero-order valence-electron chi connectivity index (χ0n) is 12.4. The Labute approximate surface area is 124 Å². The maximum atomic E-state index is 12.2. The minimum Gasteiger partial charge on any atom is -0.462 e. The highest BCUT2D eigenvalue weighted by atomic mass is 16.5. The summed E-state index contributed by atoms with van der Waals surface area (Å²) in [5, 5.41) is 2.87. The molecule has 0 aliphatic heterocycles. The minimum atomic E-state index is -0.404. The number of hydrogen-bond acceptors (Lipinski definition) is 4. The molecule has 1 amide bonds. The largest absolute Gasteiger partial charge is 0.462 e. The molecule has 1 saturated carbocycles. The van der Waals surface area contributed by atoms with Gasteiger partial charge in [0.25, 0.3) is 0 Å². The van der Waals surface area contributed by atoms with E-state index in [1.807, 2.05) is 6.92 Å². The molecule has 3 N–H and O–H groups in total. The number of rotatable bonds is 6. The van der Waals surface area contributed by atoms with Crippen LogP contribution in [-0.2, 0) is 9.53 Å². The Balaban J connectivity index is 1.96. The summed E-state index contributed by atoms with van der Waals surface area (Å²) in [6, 6.07) is 6.74. The van der Waals surface area contributed by atoms with Gasteiger partial charge in [0.05, 0.1) is 17.6 Å². The molecule has 0 heterocycles. The van der Waals surface area contributed by atoms with Gasteiger partial charge in [-0.2, -0.15) is 0 Å². The first kappa shape index (κ1) is 15.5. The van der Waals surface area contributed by atoms with E-state index in [1.54, 1.807) is 24.3 Å². The standard InChI is InChI=1S/C16H22N2O3/c1-2-10-21-14(19)12-4-6-13(7-5-12)18-15(20)16(11-17)8-3-9-16/h4-7H,2-3,8-11,17H2,1H3,(H,18,20). The van der Waals surface area contributed by atoms with Gasteiger partial charge in [-0.15, -0.1) is 0 Å². The number of amides is 1. The normalized spacial score (nSPS) is 15.9. The molecule has 0 spiro atoms. The van der Waals surface area contributed by atoms with E-state index in [2.05, 4.69) is 5.32 Å². The number of carbonyl (C=O) groups is 2. The summed E-state index contributed by atoms with van der Waals surface area (Å²) in [6.07, 6.45) is 3.53. The predicted octanol–water partition coefficient (Wildman–Crippen LogP) is 2.32. The molecule has 0 saturated heterocycles. The van der Waals surface area contributed by atoms with Crippen molar-refractivity contribution in [3.8, 4) is 0 Å². The van der Waals surface area contributed by atoms with Gasteiger partial charge in [-0.1, -0.05) is 13.3 Å². The number of esters is 1. The molecule has 2 rings (SSSR count). The Morgan fingerprint density at radius 3 is 2.43 bits per heavy atom. The van der Waals surface area contributed by atoms with E-state index in [4.69, 9.17) is 10.5 Å². The van der Waals surface area contributed by atoms with Crippen LogP contribution in [0.3, 0.4) is 0 Å². The van der Waals surface area contributed by atoms with Gasteiger partial charge in [-0.05, 0) is 43.5 Å². The molecule has 0 bridgehead atoms. The number of ether oxygens (including phenoxy) is 1. The van der Waals surface area contributed by atoms with E-state index in [0.29, 0.717) is 24.4 Å². The molecule has 0 unspecified atom stereocenters. The number of hydrogen-bond donors (Lipinski definition) is 2. The highest BCUT2D eigenvalue weighted by molar-refractivity contribution is 5.97. The van der Waals surface area contributed by atoms with E-state index in [0.717, 1.165) is 25.7 Å². The van der Waals surface area contributed by atoms with Crippen LogP contribution in [0.4, 0.5) is 5.69 Å². The first-order chi connectivity index (χ1) is 10.1. The third-order valence-electron chi connectivity index (χ3n) is 4.00. The molecular weight excluding hydrogens is 268 g/mol. The zero-order chi connectivity index (χ0) is 15.3. The summed E-state index contributed by atoms with van der Waals surface area (Å²) in [7, 11) is 0. The molecule has 1 aromatic rings. The maximum absolute atomic E-state index is 12.2. The van der Waals surface area contributed by atoms with Gasteiger partial charge in [-0.3, -0.25) is 4.79 Å². The highest BCUT2D eigenvalue weighted by Gasteiger charge is 2.42. The summed E-state index contributed by atoms with van der Waals surface area (Å²) in [4.78, 5) is 23.9. The molecule has 5 nitrogen and oxygen atoms in total. The molecule has 5 heteroatoms. The quantitative estimate of drug-likeness (QED) is 0.788. The summed E-state index contributed by atoms with van der Waals surface area (Å²) < 4.78 is 5.05. The van der Waals surface area contributed by atoms with Crippen LogP contribution in [0.1, 0.15) is 43.0 Å². The number of carbonyl (C=O) groups excluding carboxylic acids is 2. The van der Waals surface area contributed by atoms with Gasteiger partial charge in [0.15, 0.2) is 0 Å². The second-order valence-electron chi connectivity index (χ2n) is 5.51. The third kappa shape index (κ3) is 3.42. The van der Waals surface area contributed by atoms with Crippen LogP contribution in [0.5, 0.6) is 0 Å². The molecule has 21 heavy (non-hydrogen) atoms. The predicted molar refractivity (Wildman–Crippen MR) is 81.0 cm³/mol. The average Bonchev–Trinajstić information content (AvgIpc) is 2.45. The van der Waals surface area contributed by atoms with Crippen LogP contribution in [0, 0.1) is 5.41 Å². The lowest BCUT2D eigenvalue weighted by Crippen LogP contribution is -2.47. The molecule has 0 atom stereocenters. The SMILES string of the molecule is CCCOC(=O)c1ccc(NC(=O)C2(CN)CCC2)cc1. The van der Waals surface area contributed by atoms with Crippen LogP contribution in [0.25, 0.3) is 0 Å². The lowest BCUT2D eigenvalue weighted by atomic mass is 9.68. The molecule has 1 aliphatic carbocycles. The van der Waals surface area contributed by atoms with Crippen molar-refractivity contribution in [2.75, 3.05) is 18.5 Å². The van der Waals surface area contributed by atoms with Gasteiger partial charge in [0, 0.05) is 12.2 Å². The van der Waals surface area contributed by atoms with Crippen LogP contribution in [0.2, 0.25) is 0 Å². The van der Waals surface area contributed by atoms with Crippen LogP contribution in [-0.4, -0.2) is 25.0 Å². The first-order valence-corrected chi connectivity index (χ1v) is 7.40.